The number of nitrogens with zero attached hydrogens (tertiary/aromatic N) is 2. The third kappa shape index (κ3) is 1.73. The number of esters is 1. The lowest BCUT2D eigenvalue weighted by Gasteiger charge is -2.03. The van der Waals surface area contributed by atoms with Crippen molar-refractivity contribution in [2.45, 2.75) is 0 Å². The van der Waals surface area contributed by atoms with Crippen LogP contribution in [-0.2, 0) is 4.74 Å². The summed E-state index contributed by atoms with van der Waals surface area (Å²) in [6, 6.07) is 7.26. The van der Waals surface area contributed by atoms with Crippen molar-refractivity contribution in [3.8, 4) is 0 Å². The molecule has 0 aliphatic carbocycles. The van der Waals surface area contributed by atoms with Crippen LogP contribution < -0.4 is 0 Å². The Balaban J connectivity index is 2.17. The van der Waals surface area contributed by atoms with Gasteiger partial charge in [0.05, 0.1) is 10.0 Å². The zero-order chi connectivity index (χ0) is 12.5. The van der Waals surface area contributed by atoms with Crippen LogP contribution in [-0.4, -0.2) is 15.9 Å². The molecule has 0 N–H and O–H groups in total. The summed E-state index contributed by atoms with van der Waals surface area (Å²) < 4.78 is 5.95. The Morgan fingerprint density at radius 1 is 1.11 bits per heavy atom. The van der Waals surface area contributed by atoms with Gasteiger partial charge in [-0.05, 0) is 22.0 Å². The highest BCUT2D eigenvalue weighted by atomic mass is 79.9. The van der Waals surface area contributed by atoms with E-state index in [4.69, 9.17) is 4.74 Å². The standard InChI is InChI=1S/C13H7BrN2O2/c14-11(8-5-15-7-16-6-8)12-9-3-1-2-4-10(9)13(17)18-12/h1-7H/b12-11-. The molecule has 3 rings (SSSR count). The van der Waals surface area contributed by atoms with E-state index in [1.165, 1.54) is 6.33 Å². The lowest BCUT2D eigenvalue weighted by atomic mass is 10.1. The molecule has 4 nitrogen and oxygen atoms in total. The van der Waals surface area contributed by atoms with Crippen molar-refractivity contribution >= 4 is 32.1 Å². The maximum Gasteiger partial charge on any atom is 0.344 e. The molecule has 0 saturated carbocycles. The van der Waals surface area contributed by atoms with E-state index < -0.39 is 0 Å². The second-order valence-electron chi connectivity index (χ2n) is 3.71. The van der Waals surface area contributed by atoms with E-state index in [-0.39, 0.29) is 5.97 Å². The zero-order valence-corrected chi connectivity index (χ0v) is 10.7. The third-order valence-electron chi connectivity index (χ3n) is 2.60. The Morgan fingerprint density at radius 2 is 1.78 bits per heavy atom. The van der Waals surface area contributed by atoms with Gasteiger partial charge in [0.2, 0.25) is 0 Å². The number of hydrogen-bond acceptors (Lipinski definition) is 4. The Bertz CT molecular complexity index is 653. The van der Waals surface area contributed by atoms with Crippen LogP contribution in [0.3, 0.4) is 0 Å². The summed E-state index contributed by atoms with van der Waals surface area (Å²) in [7, 11) is 0. The van der Waals surface area contributed by atoms with E-state index in [0.717, 1.165) is 11.1 Å². The maximum absolute atomic E-state index is 11.7. The first kappa shape index (κ1) is 11.1. The molecule has 0 amide bonds. The van der Waals surface area contributed by atoms with Crippen LogP contribution in [0.25, 0.3) is 10.2 Å². The van der Waals surface area contributed by atoms with Crippen molar-refractivity contribution in [1.29, 1.82) is 0 Å². The molecule has 5 heteroatoms. The summed E-state index contributed by atoms with van der Waals surface area (Å²) in [6.45, 7) is 0. The van der Waals surface area contributed by atoms with Crippen LogP contribution >= 0.6 is 15.9 Å². The molecule has 1 aliphatic rings. The number of hydrogen-bond donors (Lipinski definition) is 0. The van der Waals surface area contributed by atoms with Gasteiger partial charge in [-0.15, -0.1) is 0 Å². The van der Waals surface area contributed by atoms with E-state index in [9.17, 15) is 4.79 Å². The molecule has 0 fully saturated rings. The minimum absolute atomic E-state index is 0.339. The second-order valence-corrected chi connectivity index (χ2v) is 4.50. The van der Waals surface area contributed by atoms with Gasteiger partial charge in [0.15, 0.2) is 5.76 Å². The highest BCUT2D eigenvalue weighted by molar-refractivity contribution is 9.15. The number of fused-ring (bicyclic) bond motifs is 1. The van der Waals surface area contributed by atoms with Gasteiger partial charge in [0, 0.05) is 23.5 Å². The molecular formula is C13H7BrN2O2. The maximum atomic E-state index is 11.7. The average molecular weight is 303 g/mol. The predicted octanol–water partition coefficient (Wildman–Crippen LogP) is 2.87. The van der Waals surface area contributed by atoms with E-state index >= 15 is 0 Å². The highest BCUT2D eigenvalue weighted by Crippen LogP contribution is 2.37. The number of ether oxygens (including phenoxy) is 1. The predicted molar refractivity (Wildman–Crippen MR) is 69.6 cm³/mol. The molecule has 0 radical (unpaired) electrons. The number of carbonyl (C=O) groups excluding carboxylic acids is 1. The zero-order valence-electron chi connectivity index (χ0n) is 9.13. The number of benzene rings is 1. The molecule has 1 aliphatic heterocycles. The van der Waals surface area contributed by atoms with Crippen molar-refractivity contribution < 1.29 is 9.53 Å². The first-order valence-corrected chi connectivity index (χ1v) is 6.03. The van der Waals surface area contributed by atoms with Crippen molar-refractivity contribution in [2.24, 2.45) is 0 Å². The van der Waals surface area contributed by atoms with Crippen LogP contribution in [0.15, 0.2) is 43.0 Å². The summed E-state index contributed by atoms with van der Waals surface area (Å²) >= 11 is 3.43. The minimum Gasteiger partial charge on any atom is -0.421 e. The lowest BCUT2D eigenvalue weighted by Crippen LogP contribution is -1.92. The van der Waals surface area contributed by atoms with Gasteiger partial charge in [0.1, 0.15) is 6.33 Å². The Kier molecular flexibility index (Phi) is 2.68. The number of cyclic esters (lactones) is 1. The fourth-order valence-electron chi connectivity index (χ4n) is 1.77. The van der Waals surface area contributed by atoms with Crippen LogP contribution in [0.1, 0.15) is 21.5 Å². The number of halogens is 1. The molecule has 2 aromatic rings. The number of carbonyl (C=O) groups is 1. The third-order valence-corrected chi connectivity index (χ3v) is 3.42. The fraction of sp³-hybridized carbons (Fsp3) is 0. The van der Waals surface area contributed by atoms with E-state index in [2.05, 4.69) is 25.9 Å². The van der Waals surface area contributed by atoms with E-state index in [1.54, 1.807) is 18.5 Å². The molecule has 1 aromatic heterocycles. The van der Waals surface area contributed by atoms with Crippen LogP contribution in [0.2, 0.25) is 0 Å². The quantitative estimate of drug-likeness (QED) is 0.760. The Morgan fingerprint density at radius 3 is 2.50 bits per heavy atom. The summed E-state index contributed by atoms with van der Waals surface area (Å²) in [4.78, 5) is 19.6. The van der Waals surface area contributed by atoms with Crippen LogP contribution in [0.4, 0.5) is 0 Å². The molecule has 0 spiro atoms. The van der Waals surface area contributed by atoms with Crippen LogP contribution in [0.5, 0.6) is 0 Å². The summed E-state index contributed by atoms with van der Waals surface area (Å²) in [5, 5.41) is 0. The van der Waals surface area contributed by atoms with Gasteiger partial charge >= 0.3 is 5.97 Å². The lowest BCUT2D eigenvalue weighted by molar-refractivity contribution is 0.0717. The molecular weight excluding hydrogens is 296 g/mol. The SMILES string of the molecule is O=C1O/C(=C(\Br)c2cncnc2)c2ccccc21. The first-order valence-electron chi connectivity index (χ1n) is 5.24. The Labute approximate surface area is 111 Å². The molecule has 2 heterocycles. The molecule has 18 heavy (non-hydrogen) atoms. The largest absolute Gasteiger partial charge is 0.421 e. The summed E-state index contributed by atoms with van der Waals surface area (Å²) in [5.74, 6) is 0.166. The van der Waals surface area contributed by atoms with Crippen molar-refractivity contribution in [2.75, 3.05) is 0 Å². The van der Waals surface area contributed by atoms with Gasteiger partial charge in [-0.1, -0.05) is 18.2 Å². The molecule has 0 saturated heterocycles. The molecule has 0 atom stereocenters. The van der Waals surface area contributed by atoms with Crippen LogP contribution in [0, 0.1) is 0 Å². The highest BCUT2D eigenvalue weighted by Gasteiger charge is 2.28. The summed E-state index contributed by atoms with van der Waals surface area (Å²) in [6.07, 6.45) is 4.75. The molecule has 88 valence electrons. The van der Waals surface area contributed by atoms with E-state index in [0.29, 0.717) is 15.8 Å². The smallest absolute Gasteiger partial charge is 0.344 e. The molecule has 1 aromatic carbocycles. The first-order chi connectivity index (χ1) is 8.77. The topological polar surface area (TPSA) is 52.1 Å². The monoisotopic (exact) mass is 302 g/mol. The average Bonchev–Trinajstić information content (AvgIpc) is 2.77. The van der Waals surface area contributed by atoms with Gasteiger partial charge in [-0.2, -0.15) is 0 Å². The van der Waals surface area contributed by atoms with Gasteiger partial charge in [0.25, 0.3) is 0 Å². The summed E-state index contributed by atoms with van der Waals surface area (Å²) in [5.41, 5.74) is 2.11. The second kappa shape index (κ2) is 4.34. The number of aromatic nitrogens is 2. The van der Waals surface area contributed by atoms with Gasteiger partial charge < -0.3 is 4.74 Å². The van der Waals surface area contributed by atoms with Gasteiger partial charge in [-0.3, -0.25) is 0 Å². The van der Waals surface area contributed by atoms with Gasteiger partial charge in [-0.25, -0.2) is 14.8 Å². The van der Waals surface area contributed by atoms with Crippen molar-refractivity contribution in [1.82, 2.24) is 9.97 Å². The number of rotatable bonds is 1. The van der Waals surface area contributed by atoms with E-state index in [1.807, 2.05) is 18.2 Å². The van der Waals surface area contributed by atoms with Crippen molar-refractivity contribution in [3.05, 3.63) is 59.7 Å². The molecule has 0 unspecified atom stereocenters. The fourth-order valence-corrected chi connectivity index (χ4v) is 2.27. The Hall–Kier alpha value is -2.01. The minimum atomic E-state index is -0.339. The normalized spacial score (nSPS) is 16.2. The van der Waals surface area contributed by atoms with Crippen molar-refractivity contribution in [3.63, 3.8) is 0 Å². The molecule has 0 bridgehead atoms.